The summed E-state index contributed by atoms with van der Waals surface area (Å²) < 4.78 is 16.1. The first-order valence-corrected chi connectivity index (χ1v) is 9.93. The second-order valence-electron chi connectivity index (χ2n) is 7.14. The van der Waals surface area contributed by atoms with Crippen molar-refractivity contribution in [2.24, 2.45) is 0 Å². The number of ether oxygens (including phenoxy) is 3. The van der Waals surface area contributed by atoms with Crippen molar-refractivity contribution in [3.8, 4) is 11.5 Å². The Balaban J connectivity index is 1.42. The zero-order chi connectivity index (χ0) is 20.9. The number of methoxy groups -OCH3 is 1. The minimum absolute atomic E-state index is 0.0719. The summed E-state index contributed by atoms with van der Waals surface area (Å²) in [5.74, 6) is 2.09. The molecular formula is C23H25N3O4. The molecule has 0 aliphatic carbocycles. The number of hydrogen-bond acceptors (Lipinski definition) is 6. The van der Waals surface area contributed by atoms with Gasteiger partial charge in [-0.2, -0.15) is 0 Å². The van der Waals surface area contributed by atoms with Crippen LogP contribution in [0.3, 0.4) is 0 Å². The van der Waals surface area contributed by atoms with Crippen LogP contribution < -0.4 is 19.7 Å². The Labute approximate surface area is 175 Å². The van der Waals surface area contributed by atoms with Crippen LogP contribution >= 0.6 is 0 Å². The fourth-order valence-corrected chi connectivity index (χ4v) is 3.43. The normalized spacial score (nSPS) is 13.9. The number of nitrogens with zero attached hydrogens (tertiary/aromatic N) is 2. The highest BCUT2D eigenvalue weighted by atomic mass is 16.5. The number of carbonyl (C=O) groups is 1. The highest BCUT2D eigenvalue weighted by molar-refractivity contribution is 5.95. The lowest BCUT2D eigenvalue weighted by Crippen LogP contribution is -2.36. The second-order valence-corrected chi connectivity index (χ2v) is 7.14. The van der Waals surface area contributed by atoms with E-state index >= 15 is 0 Å². The van der Waals surface area contributed by atoms with Gasteiger partial charge in [-0.3, -0.25) is 4.79 Å². The molecule has 156 valence electrons. The molecule has 0 atom stereocenters. The van der Waals surface area contributed by atoms with Gasteiger partial charge in [0.05, 0.1) is 25.8 Å². The molecule has 1 aliphatic heterocycles. The van der Waals surface area contributed by atoms with Crippen molar-refractivity contribution < 1.29 is 19.0 Å². The largest absolute Gasteiger partial charge is 0.497 e. The minimum Gasteiger partial charge on any atom is -0.497 e. The number of amides is 1. The Morgan fingerprint density at radius 1 is 1.10 bits per heavy atom. The van der Waals surface area contributed by atoms with E-state index in [0.717, 1.165) is 60.0 Å². The molecule has 2 aromatic carbocycles. The molecular weight excluding hydrogens is 382 g/mol. The molecule has 4 rings (SSSR count). The van der Waals surface area contributed by atoms with Crippen molar-refractivity contribution in [1.82, 2.24) is 4.98 Å². The number of rotatable bonds is 6. The summed E-state index contributed by atoms with van der Waals surface area (Å²) in [5.41, 5.74) is 2.74. The van der Waals surface area contributed by atoms with Crippen LogP contribution in [0.5, 0.6) is 11.5 Å². The third-order valence-electron chi connectivity index (χ3n) is 5.05. The zero-order valence-electron chi connectivity index (χ0n) is 17.2. The average molecular weight is 407 g/mol. The Kier molecular flexibility index (Phi) is 5.99. The first-order valence-electron chi connectivity index (χ1n) is 9.93. The van der Waals surface area contributed by atoms with Gasteiger partial charge < -0.3 is 24.4 Å². The summed E-state index contributed by atoms with van der Waals surface area (Å²) in [6.45, 7) is 5.13. The van der Waals surface area contributed by atoms with Crippen molar-refractivity contribution in [3.05, 3.63) is 54.1 Å². The van der Waals surface area contributed by atoms with E-state index < -0.39 is 0 Å². The number of aromatic nitrogens is 1. The zero-order valence-corrected chi connectivity index (χ0v) is 17.2. The van der Waals surface area contributed by atoms with E-state index in [1.54, 1.807) is 31.4 Å². The molecule has 1 aliphatic rings. The number of hydrogen-bond donors (Lipinski definition) is 1. The molecule has 0 bridgehead atoms. The molecule has 0 radical (unpaired) electrons. The summed E-state index contributed by atoms with van der Waals surface area (Å²) in [5, 5.41) is 3.90. The van der Waals surface area contributed by atoms with E-state index in [4.69, 9.17) is 19.2 Å². The quantitative estimate of drug-likeness (QED) is 0.675. The number of morpholine rings is 1. The van der Waals surface area contributed by atoms with Crippen molar-refractivity contribution in [2.45, 2.75) is 6.92 Å². The van der Waals surface area contributed by atoms with Crippen molar-refractivity contribution in [1.29, 1.82) is 0 Å². The lowest BCUT2D eigenvalue weighted by Gasteiger charge is -2.28. The molecule has 2 heterocycles. The van der Waals surface area contributed by atoms with E-state index in [-0.39, 0.29) is 12.5 Å². The molecule has 7 nitrogen and oxygen atoms in total. The molecule has 30 heavy (non-hydrogen) atoms. The minimum atomic E-state index is -0.222. The molecule has 0 saturated carbocycles. The van der Waals surface area contributed by atoms with Crippen molar-refractivity contribution in [3.63, 3.8) is 0 Å². The lowest BCUT2D eigenvalue weighted by atomic mass is 10.1. The van der Waals surface area contributed by atoms with Crippen molar-refractivity contribution in [2.75, 3.05) is 50.2 Å². The Morgan fingerprint density at radius 3 is 2.57 bits per heavy atom. The first kappa shape index (κ1) is 20.0. The van der Waals surface area contributed by atoms with E-state index in [1.807, 2.05) is 18.2 Å². The SMILES string of the molecule is COc1ccc(OCC(=O)Nc2ccc3nc(N4CCOCC4)cc(C)c3c2)cc1. The Hall–Kier alpha value is -3.32. The van der Waals surface area contributed by atoms with Gasteiger partial charge in [-0.15, -0.1) is 0 Å². The van der Waals surface area contributed by atoms with E-state index in [2.05, 4.69) is 23.2 Å². The van der Waals surface area contributed by atoms with Gasteiger partial charge in [0.2, 0.25) is 0 Å². The first-order chi connectivity index (χ1) is 14.6. The molecule has 1 N–H and O–H groups in total. The fourth-order valence-electron chi connectivity index (χ4n) is 3.43. The third-order valence-corrected chi connectivity index (χ3v) is 5.05. The van der Waals surface area contributed by atoms with Gasteiger partial charge in [-0.1, -0.05) is 0 Å². The predicted octanol–water partition coefficient (Wildman–Crippen LogP) is 3.41. The Bertz CT molecular complexity index is 1030. The summed E-state index contributed by atoms with van der Waals surface area (Å²) >= 11 is 0. The Morgan fingerprint density at radius 2 is 1.83 bits per heavy atom. The highest BCUT2D eigenvalue weighted by Gasteiger charge is 2.14. The number of aryl methyl sites for hydroxylation is 1. The van der Waals surface area contributed by atoms with Crippen LogP contribution in [0.2, 0.25) is 0 Å². The molecule has 1 amide bonds. The van der Waals surface area contributed by atoms with Crippen molar-refractivity contribution >= 4 is 28.3 Å². The standard InChI is InChI=1S/C23H25N3O4/c1-16-13-22(26-9-11-29-12-10-26)25-21-8-3-17(14-20(16)21)24-23(27)15-30-19-6-4-18(28-2)5-7-19/h3-8,13-14H,9-12,15H2,1-2H3,(H,24,27). The van der Waals surface area contributed by atoms with Gasteiger partial charge in [0.1, 0.15) is 17.3 Å². The molecule has 3 aromatic rings. The van der Waals surface area contributed by atoms with Crippen LogP contribution in [0, 0.1) is 6.92 Å². The van der Waals surface area contributed by atoms with E-state index in [1.165, 1.54) is 0 Å². The molecule has 1 aromatic heterocycles. The number of pyridine rings is 1. The summed E-state index contributed by atoms with van der Waals surface area (Å²) in [4.78, 5) is 19.3. The maximum absolute atomic E-state index is 12.3. The van der Waals surface area contributed by atoms with Gasteiger partial charge >= 0.3 is 0 Å². The van der Waals surface area contributed by atoms with Gasteiger partial charge in [0, 0.05) is 24.2 Å². The monoisotopic (exact) mass is 407 g/mol. The van der Waals surface area contributed by atoms with Gasteiger partial charge in [-0.05, 0) is 61.0 Å². The molecule has 1 saturated heterocycles. The van der Waals surface area contributed by atoms with Crippen LogP contribution in [-0.2, 0) is 9.53 Å². The van der Waals surface area contributed by atoms with E-state index in [9.17, 15) is 4.79 Å². The number of benzene rings is 2. The molecule has 0 unspecified atom stereocenters. The second kappa shape index (κ2) is 9.00. The number of nitrogens with one attached hydrogen (secondary N) is 1. The van der Waals surface area contributed by atoms with Crippen LogP contribution in [0.4, 0.5) is 11.5 Å². The summed E-state index contributed by atoms with van der Waals surface area (Å²) in [6.07, 6.45) is 0. The molecule has 1 fully saturated rings. The van der Waals surface area contributed by atoms with Crippen LogP contribution in [0.1, 0.15) is 5.56 Å². The number of anilines is 2. The number of carbonyl (C=O) groups excluding carboxylic acids is 1. The molecule has 7 heteroatoms. The fraction of sp³-hybridized carbons (Fsp3) is 0.304. The maximum Gasteiger partial charge on any atom is 0.262 e. The van der Waals surface area contributed by atoms with Gasteiger partial charge in [-0.25, -0.2) is 4.98 Å². The predicted molar refractivity (Wildman–Crippen MR) is 117 cm³/mol. The third kappa shape index (κ3) is 4.63. The average Bonchev–Trinajstić information content (AvgIpc) is 2.79. The van der Waals surface area contributed by atoms with Gasteiger partial charge in [0.15, 0.2) is 6.61 Å². The summed E-state index contributed by atoms with van der Waals surface area (Å²) in [7, 11) is 1.60. The van der Waals surface area contributed by atoms with Crippen LogP contribution in [0.15, 0.2) is 48.5 Å². The summed E-state index contributed by atoms with van der Waals surface area (Å²) in [6, 6.07) is 15.0. The maximum atomic E-state index is 12.3. The van der Waals surface area contributed by atoms with Crippen LogP contribution in [0.25, 0.3) is 10.9 Å². The highest BCUT2D eigenvalue weighted by Crippen LogP contribution is 2.26. The topological polar surface area (TPSA) is 72.9 Å². The van der Waals surface area contributed by atoms with Crippen LogP contribution in [-0.4, -0.2) is 50.9 Å². The number of fused-ring (bicyclic) bond motifs is 1. The smallest absolute Gasteiger partial charge is 0.262 e. The van der Waals surface area contributed by atoms with E-state index in [0.29, 0.717) is 5.75 Å². The lowest BCUT2D eigenvalue weighted by molar-refractivity contribution is -0.118. The van der Waals surface area contributed by atoms with Gasteiger partial charge in [0.25, 0.3) is 5.91 Å². The molecule has 0 spiro atoms.